The molecule has 2 aliphatic carbocycles. The van der Waals surface area contributed by atoms with Gasteiger partial charge >= 0.3 is 0 Å². The molecule has 104 valence electrons. The molecule has 0 bridgehead atoms. The van der Waals surface area contributed by atoms with Gasteiger partial charge in [-0.15, -0.1) is 45.3 Å². The zero-order valence-electron chi connectivity index (χ0n) is 11.3. The summed E-state index contributed by atoms with van der Waals surface area (Å²) in [5.74, 6) is 0. The lowest BCUT2D eigenvalue weighted by Crippen LogP contribution is -1.87. The highest BCUT2D eigenvalue weighted by molar-refractivity contribution is 7.22. The van der Waals surface area contributed by atoms with E-state index in [1.165, 1.54) is 52.9 Å². The molecule has 0 spiro atoms. The highest BCUT2D eigenvalue weighted by Gasteiger charge is 2.34. The first kappa shape index (κ1) is 12.0. The van der Waals surface area contributed by atoms with Crippen LogP contribution in [0.2, 0.25) is 0 Å². The minimum atomic E-state index is 1.43. The molecule has 4 aromatic rings. The second-order valence-corrected chi connectivity index (χ2v) is 9.07. The Labute approximate surface area is 143 Å². The fourth-order valence-electron chi connectivity index (χ4n) is 3.56. The zero-order valence-corrected chi connectivity index (χ0v) is 14.5. The van der Waals surface area contributed by atoms with E-state index in [2.05, 4.69) is 45.8 Å². The van der Waals surface area contributed by atoms with Gasteiger partial charge in [0.25, 0.3) is 0 Å². The molecular formula is C18H8S4. The molecule has 0 aliphatic heterocycles. The molecule has 0 fully saturated rings. The summed E-state index contributed by atoms with van der Waals surface area (Å²) in [6.07, 6.45) is 0. The van der Waals surface area contributed by atoms with Crippen LogP contribution in [-0.4, -0.2) is 0 Å². The summed E-state index contributed by atoms with van der Waals surface area (Å²) in [7, 11) is 0. The minimum absolute atomic E-state index is 1.43. The van der Waals surface area contributed by atoms with Crippen LogP contribution in [0.3, 0.4) is 0 Å². The van der Waals surface area contributed by atoms with Crippen LogP contribution in [0.25, 0.3) is 30.7 Å². The van der Waals surface area contributed by atoms with Crippen LogP contribution in [0.4, 0.5) is 0 Å². The highest BCUT2D eigenvalue weighted by atomic mass is 32.1. The Hall–Kier alpha value is -1.46. The molecule has 0 N–H and O–H groups in total. The van der Waals surface area contributed by atoms with Crippen molar-refractivity contribution < 1.29 is 0 Å². The average molecular weight is 353 g/mol. The van der Waals surface area contributed by atoms with Gasteiger partial charge in [0.05, 0.1) is 19.5 Å². The lowest BCUT2D eigenvalue weighted by molar-refractivity contribution is 1.71. The van der Waals surface area contributed by atoms with Crippen molar-refractivity contribution in [3.63, 3.8) is 0 Å². The highest BCUT2D eigenvalue weighted by Crippen LogP contribution is 2.58. The van der Waals surface area contributed by atoms with E-state index in [0.717, 1.165) is 0 Å². The Balaban J connectivity index is 1.83. The maximum Gasteiger partial charge on any atom is 0.0527 e. The van der Waals surface area contributed by atoms with E-state index < -0.39 is 0 Å². The van der Waals surface area contributed by atoms with Crippen LogP contribution in [0.5, 0.6) is 0 Å². The van der Waals surface area contributed by atoms with Gasteiger partial charge in [-0.3, -0.25) is 0 Å². The van der Waals surface area contributed by atoms with E-state index in [-0.39, 0.29) is 0 Å². The number of rotatable bonds is 0. The molecule has 22 heavy (non-hydrogen) atoms. The first-order valence-electron chi connectivity index (χ1n) is 7.00. The Morgan fingerprint density at radius 1 is 0.409 bits per heavy atom. The van der Waals surface area contributed by atoms with Crippen molar-refractivity contribution in [1.82, 2.24) is 0 Å². The van der Waals surface area contributed by atoms with Gasteiger partial charge in [-0.2, -0.15) is 0 Å². The van der Waals surface area contributed by atoms with Crippen molar-refractivity contribution in [3.8, 4) is 19.5 Å². The molecule has 6 rings (SSSR count). The van der Waals surface area contributed by atoms with Crippen molar-refractivity contribution >= 4 is 56.5 Å². The van der Waals surface area contributed by atoms with Crippen LogP contribution in [0, 0.1) is 0 Å². The van der Waals surface area contributed by atoms with Crippen molar-refractivity contribution in [2.75, 3.05) is 0 Å². The lowest BCUT2D eigenvalue weighted by Gasteiger charge is -2.07. The Morgan fingerprint density at radius 2 is 0.682 bits per heavy atom. The number of hydrogen-bond donors (Lipinski definition) is 0. The van der Waals surface area contributed by atoms with Crippen molar-refractivity contribution in [2.45, 2.75) is 0 Å². The second-order valence-electron chi connectivity index (χ2n) is 5.40. The molecule has 0 amide bonds. The van der Waals surface area contributed by atoms with Gasteiger partial charge in [0, 0.05) is 33.4 Å². The molecular weight excluding hydrogens is 344 g/mol. The van der Waals surface area contributed by atoms with Gasteiger partial charge in [-0.25, -0.2) is 0 Å². The maximum atomic E-state index is 2.30. The standard InChI is InChI=1S/C18H8S4/c1-5-19-15-9(1)13(10-2-6-20-16(10)15)14-11-3-7-21-17(11)18-12(14)4-8-22-18/h1-8H. The van der Waals surface area contributed by atoms with Gasteiger partial charge in [-0.1, -0.05) is 0 Å². The van der Waals surface area contributed by atoms with E-state index in [1.54, 1.807) is 0 Å². The maximum absolute atomic E-state index is 2.30. The average Bonchev–Trinajstić information content (AvgIpc) is 3.31. The third-order valence-electron chi connectivity index (χ3n) is 4.40. The molecule has 0 nitrogen and oxygen atoms in total. The number of hydrogen-bond acceptors (Lipinski definition) is 4. The van der Waals surface area contributed by atoms with Gasteiger partial charge in [-0.05, 0) is 45.8 Å². The second kappa shape index (κ2) is 4.09. The molecule has 0 saturated heterocycles. The molecule has 0 saturated carbocycles. The van der Waals surface area contributed by atoms with E-state index in [1.807, 2.05) is 45.3 Å². The van der Waals surface area contributed by atoms with Gasteiger partial charge in [0.1, 0.15) is 0 Å². The fourth-order valence-corrected chi connectivity index (χ4v) is 7.55. The quantitative estimate of drug-likeness (QED) is 0.279. The first-order valence-corrected chi connectivity index (χ1v) is 10.5. The molecule has 4 heteroatoms. The Bertz CT molecular complexity index is 909. The summed E-state index contributed by atoms with van der Waals surface area (Å²) >= 11 is 7.48. The largest absolute Gasteiger partial charge is 0.142 e. The van der Waals surface area contributed by atoms with Gasteiger partial charge < -0.3 is 0 Å². The van der Waals surface area contributed by atoms with Gasteiger partial charge in [0.2, 0.25) is 0 Å². The van der Waals surface area contributed by atoms with E-state index in [0.29, 0.717) is 0 Å². The normalized spacial score (nSPS) is 14.2. The topological polar surface area (TPSA) is 0 Å². The van der Waals surface area contributed by atoms with Crippen molar-refractivity contribution in [2.24, 2.45) is 0 Å². The van der Waals surface area contributed by atoms with E-state index >= 15 is 0 Å². The summed E-state index contributed by atoms with van der Waals surface area (Å²) in [4.78, 5) is 5.81. The van der Waals surface area contributed by atoms with Crippen LogP contribution in [-0.2, 0) is 0 Å². The zero-order chi connectivity index (χ0) is 14.3. The molecule has 0 unspecified atom stereocenters. The smallest absolute Gasteiger partial charge is 0.0527 e. The molecule has 0 radical (unpaired) electrons. The summed E-state index contributed by atoms with van der Waals surface area (Å²) in [6, 6.07) is 9.19. The first-order chi connectivity index (χ1) is 10.9. The lowest BCUT2D eigenvalue weighted by atomic mass is 9.94. The summed E-state index contributed by atoms with van der Waals surface area (Å²) in [6.45, 7) is 0. The Kier molecular flexibility index (Phi) is 2.23. The van der Waals surface area contributed by atoms with Crippen LogP contribution in [0.15, 0.2) is 45.8 Å². The SMILES string of the molecule is c1cc2c(s1)-c1sccc1C2=C1c2ccsc2-c2sccc21. The van der Waals surface area contributed by atoms with Crippen molar-refractivity contribution in [3.05, 3.63) is 68.0 Å². The third-order valence-corrected chi connectivity index (χ3v) is 8.39. The molecule has 4 aromatic heterocycles. The molecule has 0 aromatic carbocycles. The predicted octanol–water partition coefficient (Wildman–Crippen LogP) is 6.90. The van der Waals surface area contributed by atoms with Crippen molar-refractivity contribution in [1.29, 1.82) is 0 Å². The summed E-state index contributed by atoms with van der Waals surface area (Å²) < 4.78 is 0. The van der Waals surface area contributed by atoms with Crippen LogP contribution in [0.1, 0.15) is 22.3 Å². The molecule has 0 atom stereocenters. The molecule has 4 heterocycles. The number of thiophene rings is 4. The fraction of sp³-hybridized carbons (Fsp3) is 0. The number of fused-ring (bicyclic) bond motifs is 6. The minimum Gasteiger partial charge on any atom is -0.142 e. The van der Waals surface area contributed by atoms with Gasteiger partial charge in [0.15, 0.2) is 0 Å². The monoisotopic (exact) mass is 352 g/mol. The van der Waals surface area contributed by atoms with E-state index in [9.17, 15) is 0 Å². The third kappa shape index (κ3) is 1.29. The molecule has 2 aliphatic rings. The predicted molar refractivity (Wildman–Crippen MR) is 100 cm³/mol. The van der Waals surface area contributed by atoms with E-state index in [4.69, 9.17) is 0 Å². The Morgan fingerprint density at radius 3 is 0.955 bits per heavy atom. The van der Waals surface area contributed by atoms with Crippen LogP contribution < -0.4 is 0 Å². The summed E-state index contributed by atoms with van der Waals surface area (Å²) in [5, 5.41) is 8.91. The summed E-state index contributed by atoms with van der Waals surface area (Å²) in [5.41, 5.74) is 8.61. The van der Waals surface area contributed by atoms with Crippen LogP contribution >= 0.6 is 45.3 Å².